The van der Waals surface area contributed by atoms with E-state index in [2.05, 4.69) is 20.3 Å². The molecule has 0 saturated heterocycles. The number of nitrogens with zero attached hydrogens (tertiary/aromatic N) is 4. The SMILES string of the molecule is O=c1nc(NC2CCCCC2)ncn1Cc1ncccc1Cl. The Morgan fingerprint density at radius 1 is 1.27 bits per heavy atom. The molecule has 0 aliphatic heterocycles. The van der Waals surface area contributed by atoms with E-state index in [4.69, 9.17) is 11.6 Å². The molecule has 2 heterocycles. The fourth-order valence-corrected chi connectivity index (χ4v) is 2.84. The van der Waals surface area contributed by atoms with Gasteiger partial charge in [0.15, 0.2) is 0 Å². The molecule has 3 rings (SSSR count). The third-order valence-electron chi connectivity index (χ3n) is 3.86. The molecule has 1 fully saturated rings. The third kappa shape index (κ3) is 3.62. The molecule has 1 aliphatic carbocycles. The standard InChI is InChI=1S/C15H18ClN5O/c16-12-7-4-8-17-13(12)9-21-10-18-14(20-15(21)22)19-11-5-2-1-3-6-11/h4,7-8,10-11H,1-3,5-6,9H2,(H,19,20,22). The summed E-state index contributed by atoms with van der Waals surface area (Å²) >= 11 is 6.06. The molecule has 2 aromatic rings. The van der Waals surface area contributed by atoms with Gasteiger partial charge in [-0.1, -0.05) is 30.9 Å². The molecule has 0 aromatic carbocycles. The Labute approximate surface area is 133 Å². The summed E-state index contributed by atoms with van der Waals surface area (Å²) in [5.41, 5.74) is 0.276. The van der Waals surface area contributed by atoms with E-state index in [1.54, 1.807) is 18.3 Å². The van der Waals surface area contributed by atoms with Crippen LogP contribution in [0.4, 0.5) is 5.95 Å². The van der Waals surface area contributed by atoms with Crippen LogP contribution in [0.2, 0.25) is 5.02 Å². The van der Waals surface area contributed by atoms with Gasteiger partial charge in [0.05, 0.1) is 17.3 Å². The first-order valence-corrected chi connectivity index (χ1v) is 7.89. The van der Waals surface area contributed by atoms with Gasteiger partial charge in [0.25, 0.3) is 0 Å². The van der Waals surface area contributed by atoms with Crippen LogP contribution in [0.5, 0.6) is 0 Å². The number of pyridine rings is 1. The summed E-state index contributed by atoms with van der Waals surface area (Å²) in [6, 6.07) is 3.87. The molecule has 6 nitrogen and oxygen atoms in total. The Morgan fingerprint density at radius 3 is 2.82 bits per heavy atom. The van der Waals surface area contributed by atoms with Crippen molar-refractivity contribution in [3.63, 3.8) is 0 Å². The van der Waals surface area contributed by atoms with Crippen molar-refractivity contribution in [3.05, 3.63) is 45.9 Å². The van der Waals surface area contributed by atoms with E-state index >= 15 is 0 Å². The summed E-state index contributed by atoms with van der Waals surface area (Å²) in [6.45, 7) is 0.266. The average Bonchev–Trinajstić information content (AvgIpc) is 2.53. The van der Waals surface area contributed by atoms with Crippen LogP contribution in [-0.4, -0.2) is 25.6 Å². The number of halogens is 1. The van der Waals surface area contributed by atoms with Gasteiger partial charge < -0.3 is 5.32 Å². The maximum absolute atomic E-state index is 12.1. The second kappa shape index (κ2) is 6.87. The van der Waals surface area contributed by atoms with Crippen LogP contribution in [0.3, 0.4) is 0 Å². The Balaban J connectivity index is 1.72. The summed E-state index contributed by atoms with van der Waals surface area (Å²) in [5, 5.41) is 3.77. The zero-order valence-electron chi connectivity index (χ0n) is 12.2. The van der Waals surface area contributed by atoms with Crippen LogP contribution in [0.25, 0.3) is 0 Å². The second-order valence-corrected chi connectivity index (χ2v) is 5.91. The van der Waals surface area contributed by atoms with Gasteiger partial charge in [-0.15, -0.1) is 0 Å². The second-order valence-electron chi connectivity index (χ2n) is 5.50. The predicted octanol–water partition coefficient (Wildman–Crippen LogP) is 2.48. The van der Waals surface area contributed by atoms with Crippen molar-refractivity contribution in [3.8, 4) is 0 Å². The molecule has 0 amide bonds. The number of aromatic nitrogens is 4. The largest absolute Gasteiger partial charge is 0.352 e. The first kappa shape index (κ1) is 15.0. The maximum atomic E-state index is 12.1. The Hall–Kier alpha value is -1.95. The highest BCUT2D eigenvalue weighted by molar-refractivity contribution is 6.31. The van der Waals surface area contributed by atoms with Crippen molar-refractivity contribution in [2.75, 3.05) is 5.32 Å². The maximum Gasteiger partial charge on any atom is 0.352 e. The Bertz CT molecular complexity index is 696. The van der Waals surface area contributed by atoms with Crippen molar-refractivity contribution >= 4 is 17.5 Å². The lowest BCUT2D eigenvalue weighted by Crippen LogP contribution is -2.29. The zero-order chi connectivity index (χ0) is 15.4. The van der Waals surface area contributed by atoms with Crippen LogP contribution in [0, 0.1) is 0 Å². The van der Waals surface area contributed by atoms with Crippen LogP contribution in [0.1, 0.15) is 37.8 Å². The molecular weight excluding hydrogens is 302 g/mol. The number of nitrogens with one attached hydrogen (secondary N) is 1. The zero-order valence-corrected chi connectivity index (χ0v) is 13.0. The van der Waals surface area contributed by atoms with Crippen LogP contribution in [-0.2, 0) is 6.54 Å². The molecule has 0 atom stereocenters. The summed E-state index contributed by atoms with van der Waals surface area (Å²) in [5.74, 6) is 0.403. The van der Waals surface area contributed by atoms with Gasteiger partial charge in [0.1, 0.15) is 6.33 Å². The lowest BCUT2D eigenvalue weighted by molar-refractivity contribution is 0.460. The van der Waals surface area contributed by atoms with Crippen LogP contribution >= 0.6 is 11.6 Å². The number of hydrogen-bond acceptors (Lipinski definition) is 5. The third-order valence-corrected chi connectivity index (χ3v) is 4.20. The van der Waals surface area contributed by atoms with Gasteiger partial charge in [-0.2, -0.15) is 4.98 Å². The topological polar surface area (TPSA) is 72.7 Å². The Morgan fingerprint density at radius 2 is 2.09 bits per heavy atom. The highest BCUT2D eigenvalue weighted by Gasteiger charge is 2.14. The van der Waals surface area contributed by atoms with E-state index in [9.17, 15) is 4.79 Å². The van der Waals surface area contributed by atoms with Gasteiger partial charge in [0.2, 0.25) is 5.95 Å². The molecule has 1 saturated carbocycles. The highest BCUT2D eigenvalue weighted by Crippen LogP contribution is 2.19. The average molecular weight is 320 g/mol. The summed E-state index contributed by atoms with van der Waals surface area (Å²) in [4.78, 5) is 24.5. The van der Waals surface area contributed by atoms with Gasteiger partial charge in [0, 0.05) is 12.2 Å². The lowest BCUT2D eigenvalue weighted by Gasteiger charge is -2.22. The lowest BCUT2D eigenvalue weighted by atomic mass is 9.96. The molecule has 116 valence electrons. The number of hydrogen-bond donors (Lipinski definition) is 1. The summed E-state index contributed by atoms with van der Waals surface area (Å²) in [6.07, 6.45) is 9.06. The number of rotatable bonds is 4. The van der Waals surface area contributed by atoms with Gasteiger partial charge >= 0.3 is 5.69 Å². The van der Waals surface area contributed by atoms with E-state index in [0.717, 1.165) is 12.8 Å². The van der Waals surface area contributed by atoms with Crippen molar-refractivity contribution in [2.45, 2.75) is 44.7 Å². The van der Waals surface area contributed by atoms with Crippen molar-refractivity contribution in [1.29, 1.82) is 0 Å². The molecule has 0 bridgehead atoms. The van der Waals surface area contributed by atoms with Crippen molar-refractivity contribution in [1.82, 2.24) is 19.5 Å². The molecular formula is C15H18ClN5O. The predicted molar refractivity (Wildman–Crippen MR) is 85.1 cm³/mol. The van der Waals surface area contributed by atoms with E-state index in [1.807, 2.05) is 0 Å². The summed E-state index contributed by atoms with van der Waals surface area (Å²) < 4.78 is 1.40. The molecule has 2 aromatic heterocycles. The molecule has 1 N–H and O–H groups in total. The van der Waals surface area contributed by atoms with Crippen molar-refractivity contribution in [2.24, 2.45) is 0 Å². The van der Waals surface area contributed by atoms with E-state index in [1.165, 1.54) is 30.2 Å². The number of anilines is 1. The molecule has 0 radical (unpaired) electrons. The molecule has 0 unspecified atom stereocenters. The van der Waals surface area contributed by atoms with Gasteiger partial charge in [-0.25, -0.2) is 9.78 Å². The fourth-order valence-electron chi connectivity index (χ4n) is 2.66. The highest BCUT2D eigenvalue weighted by atomic mass is 35.5. The molecule has 0 spiro atoms. The normalized spacial score (nSPS) is 15.7. The molecule has 22 heavy (non-hydrogen) atoms. The summed E-state index contributed by atoms with van der Waals surface area (Å²) in [7, 11) is 0. The fraction of sp³-hybridized carbons (Fsp3) is 0.467. The first-order chi connectivity index (χ1) is 10.7. The first-order valence-electron chi connectivity index (χ1n) is 7.52. The van der Waals surface area contributed by atoms with E-state index < -0.39 is 0 Å². The van der Waals surface area contributed by atoms with E-state index in [-0.39, 0.29) is 12.2 Å². The minimum atomic E-state index is -0.352. The Kier molecular flexibility index (Phi) is 4.68. The van der Waals surface area contributed by atoms with Gasteiger partial charge in [-0.05, 0) is 25.0 Å². The quantitative estimate of drug-likeness (QED) is 0.937. The van der Waals surface area contributed by atoms with E-state index in [0.29, 0.717) is 22.7 Å². The monoisotopic (exact) mass is 319 g/mol. The van der Waals surface area contributed by atoms with Gasteiger partial charge in [-0.3, -0.25) is 9.55 Å². The smallest absolute Gasteiger partial charge is 0.351 e. The minimum absolute atomic E-state index is 0.266. The molecule has 7 heteroatoms. The minimum Gasteiger partial charge on any atom is -0.351 e. The van der Waals surface area contributed by atoms with Crippen LogP contribution < -0.4 is 11.0 Å². The van der Waals surface area contributed by atoms with Crippen molar-refractivity contribution < 1.29 is 0 Å². The molecule has 1 aliphatic rings. The van der Waals surface area contributed by atoms with Crippen LogP contribution in [0.15, 0.2) is 29.5 Å².